The molecule has 1 aliphatic rings. The van der Waals surface area contributed by atoms with E-state index in [1.165, 1.54) is 10.9 Å². The standard InChI is InChI=1S/C16H19N3O3S/c1-19-16(21)14(11-17-19)15(20)12-6-5-7-13(10-12)18-23(22)8-3-2-4-9-23/h5-7,10-11,17H,2-4,8-9H2,1H3. The second kappa shape index (κ2) is 6.16. The van der Waals surface area contributed by atoms with E-state index in [0.717, 1.165) is 19.3 Å². The van der Waals surface area contributed by atoms with Crippen LogP contribution in [0.2, 0.25) is 0 Å². The van der Waals surface area contributed by atoms with Crippen molar-refractivity contribution < 1.29 is 9.00 Å². The van der Waals surface area contributed by atoms with E-state index in [-0.39, 0.29) is 16.9 Å². The summed E-state index contributed by atoms with van der Waals surface area (Å²) >= 11 is 0. The zero-order valence-electron chi connectivity index (χ0n) is 12.9. The van der Waals surface area contributed by atoms with Crippen molar-refractivity contribution in [1.82, 2.24) is 9.78 Å². The number of aromatic amines is 1. The van der Waals surface area contributed by atoms with Crippen LogP contribution in [0, 0.1) is 0 Å². The predicted molar refractivity (Wildman–Crippen MR) is 89.7 cm³/mol. The lowest BCUT2D eigenvalue weighted by atomic mass is 10.1. The number of H-pyrrole nitrogens is 1. The number of ketones is 1. The van der Waals surface area contributed by atoms with Gasteiger partial charge in [-0.05, 0) is 25.0 Å². The molecule has 0 spiro atoms. The molecule has 0 aliphatic carbocycles. The van der Waals surface area contributed by atoms with Gasteiger partial charge in [0.1, 0.15) is 5.56 Å². The SMILES string of the molecule is Cn1[nH]cc(C(=O)c2cccc(N=S3(=O)CCCCC3)c2)c1=O. The summed E-state index contributed by atoms with van der Waals surface area (Å²) in [7, 11) is -0.659. The molecule has 1 saturated heterocycles. The average Bonchev–Trinajstić information content (AvgIpc) is 2.87. The van der Waals surface area contributed by atoms with Crippen molar-refractivity contribution in [2.75, 3.05) is 11.5 Å². The Balaban J connectivity index is 1.96. The summed E-state index contributed by atoms with van der Waals surface area (Å²) in [5.41, 5.74) is 0.638. The van der Waals surface area contributed by atoms with Crippen molar-refractivity contribution in [1.29, 1.82) is 0 Å². The molecule has 1 fully saturated rings. The molecule has 2 aromatic rings. The van der Waals surface area contributed by atoms with Crippen LogP contribution in [0.25, 0.3) is 0 Å². The van der Waals surface area contributed by atoms with Crippen LogP contribution < -0.4 is 5.56 Å². The average molecular weight is 333 g/mol. The first-order valence-electron chi connectivity index (χ1n) is 7.60. The molecule has 6 nitrogen and oxygen atoms in total. The number of carbonyl (C=O) groups is 1. The first kappa shape index (κ1) is 15.7. The Morgan fingerprint density at radius 1 is 1.26 bits per heavy atom. The third-order valence-corrected chi connectivity index (χ3v) is 6.39. The van der Waals surface area contributed by atoms with E-state index in [0.29, 0.717) is 22.8 Å². The number of hydrogen-bond donors (Lipinski definition) is 1. The van der Waals surface area contributed by atoms with E-state index in [1.54, 1.807) is 31.3 Å². The highest BCUT2D eigenvalue weighted by Gasteiger charge is 2.17. The van der Waals surface area contributed by atoms with Gasteiger partial charge in [0.2, 0.25) is 0 Å². The second-order valence-corrected chi connectivity index (χ2v) is 8.31. The lowest BCUT2D eigenvalue weighted by Gasteiger charge is -2.15. The molecule has 0 atom stereocenters. The molecule has 0 unspecified atom stereocenters. The van der Waals surface area contributed by atoms with E-state index in [9.17, 15) is 13.8 Å². The number of aryl methyl sites for hydroxylation is 1. The number of aromatic nitrogens is 2. The van der Waals surface area contributed by atoms with Crippen LogP contribution in [0.5, 0.6) is 0 Å². The summed E-state index contributed by atoms with van der Waals surface area (Å²) in [6, 6.07) is 6.69. The molecule has 7 heteroatoms. The largest absolute Gasteiger partial charge is 0.302 e. The van der Waals surface area contributed by atoms with E-state index < -0.39 is 9.73 Å². The monoisotopic (exact) mass is 333 g/mol. The molecule has 0 saturated carbocycles. The quantitative estimate of drug-likeness (QED) is 0.874. The fourth-order valence-corrected chi connectivity index (χ4v) is 4.90. The molecular formula is C16H19N3O3S. The van der Waals surface area contributed by atoms with Gasteiger partial charge in [0.15, 0.2) is 5.78 Å². The maximum absolute atomic E-state index is 12.7. The maximum Gasteiger partial charge on any atom is 0.277 e. The zero-order chi connectivity index (χ0) is 16.4. The molecule has 1 aromatic heterocycles. The number of benzene rings is 1. The second-order valence-electron chi connectivity index (χ2n) is 5.76. The van der Waals surface area contributed by atoms with E-state index >= 15 is 0 Å². The number of hydrogen-bond acceptors (Lipinski definition) is 4. The van der Waals surface area contributed by atoms with Crippen molar-refractivity contribution in [3.05, 3.63) is 51.9 Å². The van der Waals surface area contributed by atoms with Crippen molar-refractivity contribution in [3.8, 4) is 0 Å². The molecule has 0 radical (unpaired) electrons. The van der Waals surface area contributed by atoms with Gasteiger partial charge in [-0.1, -0.05) is 18.6 Å². The molecule has 23 heavy (non-hydrogen) atoms. The molecule has 2 heterocycles. The summed E-state index contributed by atoms with van der Waals surface area (Å²) in [6.45, 7) is 0. The highest BCUT2D eigenvalue weighted by atomic mass is 32.2. The number of nitrogens with zero attached hydrogens (tertiary/aromatic N) is 2. The van der Waals surface area contributed by atoms with Gasteiger partial charge in [-0.3, -0.25) is 14.3 Å². The van der Waals surface area contributed by atoms with Gasteiger partial charge in [0.05, 0.1) is 15.4 Å². The van der Waals surface area contributed by atoms with Gasteiger partial charge in [-0.25, -0.2) is 4.21 Å². The third-order valence-electron chi connectivity index (χ3n) is 3.99. The minimum absolute atomic E-state index is 0.0894. The van der Waals surface area contributed by atoms with Crippen LogP contribution in [0.15, 0.2) is 39.6 Å². The molecular weight excluding hydrogens is 314 g/mol. The van der Waals surface area contributed by atoms with Crippen molar-refractivity contribution >= 4 is 21.2 Å². The van der Waals surface area contributed by atoms with Gasteiger partial charge >= 0.3 is 0 Å². The van der Waals surface area contributed by atoms with E-state index in [2.05, 4.69) is 9.46 Å². The lowest BCUT2D eigenvalue weighted by Crippen LogP contribution is -2.19. The fourth-order valence-electron chi connectivity index (χ4n) is 2.70. The molecule has 0 bridgehead atoms. The Kier molecular flexibility index (Phi) is 4.21. The van der Waals surface area contributed by atoms with Crippen LogP contribution >= 0.6 is 0 Å². The molecule has 1 N–H and O–H groups in total. The molecule has 1 aliphatic heterocycles. The van der Waals surface area contributed by atoms with Gasteiger partial charge in [0, 0.05) is 30.3 Å². The Labute approximate surface area is 134 Å². The Morgan fingerprint density at radius 2 is 2.00 bits per heavy atom. The lowest BCUT2D eigenvalue weighted by molar-refractivity contribution is 0.103. The van der Waals surface area contributed by atoms with Gasteiger partial charge in [-0.2, -0.15) is 4.36 Å². The fraction of sp³-hybridized carbons (Fsp3) is 0.375. The molecule has 3 rings (SSSR count). The van der Waals surface area contributed by atoms with Crippen LogP contribution in [-0.4, -0.2) is 31.3 Å². The van der Waals surface area contributed by atoms with E-state index in [4.69, 9.17) is 0 Å². The zero-order valence-corrected chi connectivity index (χ0v) is 13.8. The molecule has 1 aromatic carbocycles. The third kappa shape index (κ3) is 3.29. The summed E-state index contributed by atoms with van der Waals surface area (Å²) in [4.78, 5) is 24.3. The number of rotatable bonds is 3. The molecule has 0 amide bonds. The Hall–Kier alpha value is -2.15. The Bertz CT molecular complexity index is 905. The van der Waals surface area contributed by atoms with Crippen molar-refractivity contribution in [2.45, 2.75) is 19.3 Å². The van der Waals surface area contributed by atoms with Crippen LogP contribution in [0.3, 0.4) is 0 Å². The van der Waals surface area contributed by atoms with Gasteiger partial charge in [0.25, 0.3) is 5.56 Å². The predicted octanol–water partition coefficient (Wildman–Crippen LogP) is 2.23. The summed E-state index contributed by atoms with van der Waals surface area (Å²) in [5, 5.41) is 2.69. The maximum atomic E-state index is 12.7. The molecule has 122 valence electrons. The van der Waals surface area contributed by atoms with Gasteiger partial charge < -0.3 is 5.10 Å². The van der Waals surface area contributed by atoms with Crippen LogP contribution in [-0.2, 0) is 16.8 Å². The topological polar surface area (TPSA) is 84.3 Å². The summed E-state index contributed by atoms with van der Waals surface area (Å²) in [5.74, 6) is 0.870. The van der Waals surface area contributed by atoms with Crippen LogP contribution in [0.4, 0.5) is 5.69 Å². The van der Waals surface area contributed by atoms with Gasteiger partial charge in [-0.15, -0.1) is 0 Å². The van der Waals surface area contributed by atoms with Crippen molar-refractivity contribution in [3.63, 3.8) is 0 Å². The first-order chi connectivity index (χ1) is 11.0. The number of carbonyl (C=O) groups excluding carboxylic acids is 1. The summed E-state index contributed by atoms with van der Waals surface area (Å²) in [6.07, 6.45) is 4.36. The highest BCUT2D eigenvalue weighted by molar-refractivity contribution is 7.93. The highest BCUT2D eigenvalue weighted by Crippen LogP contribution is 2.22. The normalized spacial score (nSPS) is 16.9. The Morgan fingerprint density at radius 3 is 2.65 bits per heavy atom. The smallest absolute Gasteiger partial charge is 0.277 e. The minimum Gasteiger partial charge on any atom is -0.302 e. The van der Waals surface area contributed by atoms with Crippen LogP contribution in [0.1, 0.15) is 35.2 Å². The summed E-state index contributed by atoms with van der Waals surface area (Å²) < 4.78 is 18.3. The number of nitrogens with one attached hydrogen (secondary N) is 1. The van der Waals surface area contributed by atoms with E-state index in [1.807, 2.05) is 0 Å². The first-order valence-corrected chi connectivity index (χ1v) is 9.45. The minimum atomic E-state index is -2.21. The van der Waals surface area contributed by atoms with Crippen molar-refractivity contribution in [2.24, 2.45) is 11.4 Å².